The molecule has 1 unspecified atom stereocenters. The molecule has 190 valence electrons. The molecule has 0 saturated carbocycles. The van der Waals surface area contributed by atoms with Gasteiger partial charge in [0.1, 0.15) is 29.2 Å². The van der Waals surface area contributed by atoms with Gasteiger partial charge in [-0.2, -0.15) is 5.26 Å². The Kier molecular flexibility index (Phi) is 7.93. The number of benzene rings is 1. The number of carbonyl (C=O) groups is 1. The van der Waals surface area contributed by atoms with Gasteiger partial charge in [0, 0.05) is 18.0 Å². The zero-order chi connectivity index (χ0) is 26.0. The number of carbonyl (C=O) groups excluding carboxylic acids is 1. The van der Waals surface area contributed by atoms with Crippen LogP contribution in [0.1, 0.15) is 49.0 Å². The molecular formula is C25H27ClFN5O2S2. The predicted molar refractivity (Wildman–Crippen MR) is 140 cm³/mol. The Morgan fingerprint density at radius 2 is 2.19 bits per heavy atom. The lowest BCUT2D eigenvalue weighted by Crippen LogP contribution is -2.26. The number of aromatic nitrogens is 3. The summed E-state index contributed by atoms with van der Waals surface area (Å²) in [6.07, 6.45) is 2.86. The monoisotopic (exact) mass is 547 g/mol. The number of nitrogens with zero attached hydrogens (tertiary/aromatic N) is 4. The van der Waals surface area contributed by atoms with Gasteiger partial charge in [0.2, 0.25) is 5.91 Å². The number of rotatable bonds is 7. The minimum absolute atomic E-state index is 0.0205. The highest BCUT2D eigenvalue weighted by molar-refractivity contribution is 7.99. The van der Waals surface area contributed by atoms with E-state index in [4.69, 9.17) is 16.3 Å². The Hall–Kier alpha value is -2.61. The summed E-state index contributed by atoms with van der Waals surface area (Å²) >= 11 is 8.56. The molecule has 1 N–H and O–H groups in total. The van der Waals surface area contributed by atoms with Crippen LogP contribution in [0.15, 0.2) is 23.4 Å². The topological polar surface area (TPSA) is 92.8 Å². The summed E-state index contributed by atoms with van der Waals surface area (Å²) in [5, 5.41) is 22.1. The van der Waals surface area contributed by atoms with Crippen LogP contribution in [-0.4, -0.2) is 26.4 Å². The molecule has 0 fully saturated rings. The zero-order valence-corrected chi connectivity index (χ0v) is 22.9. The molecular weight excluding hydrogens is 521 g/mol. The molecule has 11 heteroatoms. The van der Waals surface area contributed by atoms with Crippen LogP contribution < -0.4 is 10.1 Å². The van der Waals surface area contributed by atoms with E-state index < -0.39 is 5.82 Å². The summed E-state index contributed by atoms with van der Waals surface area (Å²) < 4.78 is 20.7. The van der Waals surface area contributed by atoms with E-state index in [2.05, 4.69) is 42.4 Å². The van der Waals surface area contributed by atoms with E-state index in [0.717, 1.165) is 24.8 Å². The van der Waals surface area contributed by atoms with Crippen molar-refractivity contribution in [2.45, 2.75) is 51.8 Å². The molecule has 4 rings (SSSR count). The molecule has 2 aromatic heterocycles. The fourth-order valence-electron chi connectivity index (χ4n) is 4.14. The number of thiophene rings is 1. The first-order valence-corrected chi connectivity index (χ1v) is 13.7. The van der Waals surface area contributed by atoms with E-state index in [0.29, 0.717) is 33.2 Å². The number of amides is 1. The number of fused-ring (bicyclic) bond motifs is 1. The van der Waals surface area contributed by atoms with Crippen LogP contribution in [-0.2, 0) is 31.3 Å². The fourth-order valence-corrected chi connectivity index (χ4v) is 6.33. The van der Waals surface area contributed by atoms with Crippen LogP contribution in [0.4, 0.5) is 9.39 Å². The maximum atomic E-state index is 13.3. The van der Waals surface area contributed by atoms with Gasteiger partial charge in [-0.25, -0.2) is 4.39 Å². The minimum atomic E-state index is -0.515. The van der Waals surface area contributed by atoms with Gasteiger partial charge in [-0.1, -0.05) is 44.1 Å². The zero-order valence-electron chi connectivity index (χ0n) is 20.5. The Balaban J connectivity index is 1.35. The van der Waals surface area contributed by atoms with E-state index in [-0.39, 0.29) is 28.7 Å². The van der Waals surface area contributed by atoms with Crippen LogP contribution in [0, 0.1) is 28.5 Å². The van der Waals surface area contributed by atoms with E-state index in [9.17, 15) is 14.4 Å². The van der Waals surface area contributed by atoms with Gasteiger partial charge in [0.15, 0.2) is 11.0 Å². The first-order valence-electron chi connectivity index (χ1n) is 11.5. The Labute approximate surface area is 223 Å². The molecule has 0 spiro atoms. The third kappa shape index (κ3) is 5.85. The lowest BCUT2D eigenvalue weighted by atomic mass is 9.72. The summed E-state index contributed by atoms with van der Waals surface area (Å²) in [4.78, 5) is 13.9. The Bertz CT molecular complexity index is 1330. The molecule has 1 atom stereocenters. The smallest absolute Gasteiger partial charge is 0.235 e. The first-order chi connectivity index (χ1) is 17.1. The van der Waals surface area contributed by atoms with Gasteiger partial charge in [-0.3, -0.25) is 4.79 Å². The molecule has 0 radical (unpaired) electrons. The Morgan fingerprint density at radius 3 is 2.89 bits per heavy atom. The molecule has 2 heterocycles. The SMILES string of the molecule is Cn1c(COc2ccc(F)c(Cl)c2)nnc1SCC(=O)Nc1sc2c(c1C#N)CCC(C(C)(C)C)C2. The fraction of sp³-hybridized carbons (Fsp3) is 0.440. The standard InChI is InChI=1S/C25H27ClFN5O2S2/c1-25(2,3)14-5-7-16-17(11-28)23(36-20(16)9-14)29-22(33)13-35-24-31-30-21(32(24)4)12-34-15-6-8-19(27)18(26)10-15/h6,8,10,14H,5,7,9,12-13H2,1-4H3,(H,29,33). The van der Waals surface area contributed by atoms with Gasteiger partial charge < -0.3 is 14.6 Å². The number of hydrogen-bond acceptors (Lipinski definition) is 7. The van der Waals surface area contributed by atoms with Crippen molar-refractivity contribution in [3.8, 4) is 11.8 Å². The number of anilines is 1. The van der Waals surface area contributed by atoms with Gasteiger partial charge in [-0.05, 0) is 48.3 Å². The Morgan fingerprint density at radius 1 is 1.42 bits per heavy atom. The summed E-state index contributed by atoms with van der Waals surface area (Å²) in [5.41, 5.74) is 1.90. The maximum Gasteiger partial charge on any atom is 0.235 e. The van der Waals surface area contributed by atoms with Crippen molar-refractivity contribution in [3.05, 3.63) is 50.9 Å². The second-order valence-electron chi connectivity index (χ2n) is 9.78. The highest BCUT2D eigenvalue weighted by atomic mass is 35.5. The third-order valence-electron chi connectivity index (χ3n) is 6.37. The van der Waals surface area contributed by atoms with Crippen molar-refractivity contribution < 1.29 is 13.9 Å². The lowest BCUT2D eigenvalue weighted by Gasteiger charge is -2.33. The average Bonchev–Trinajstić information content (AvgIpc) is 3.36. The van der Waals surface area contributed by atoms with E-state index in [1.165, 1.54) is 46.2 Å². The first kappa shape index (κ1) is 26.5. The van der Waals surface area contributed by atoms with E-state index >= 15 is 0 Å². The predicted octanol–water partition coefficient (Wildman–Crippen LogP) is 6.00. The second-order valence-corrected chi connectivity index (χ2v) is 12.2. The van der Waals surface area contributed by atoms with Gasteiger partial charge >= 0.3 is 0 Å². The molecule has 3 aromatic rings. The molecule has 0 aliphatic heterocycles. The van der Waals surface area contributed by atoms with Gasteiger partial charge in [0.25, 0.3) is 0 Å². The summed E-state index contributed by atoms with van der Waals surface area (Å²) in [6.45, 7) is 6.87. The molecule has 1 amide bonds. The van der Waals surface area contributed by atoms with Crippen LogP contribution in [0.25, 0.3) is 0 Å². The van der Waals surface area contributed by atoms with Crippen molar-refractivity contribution in [2.75, 3.05) is 11.1 Å². The number of nitrogens with one attached hydrogen (secondary N) is 1. The molecule has 0 saturated heterocycles. The number of ether oxygens (including phenoxy) is 1. The van der Waals surface area contributed by atoms with Crippen molar-refractivity contribution in [1.29, 1.82) is 5.26 Å². The summed E-state index contributed by atoms with van der Waals surface area (Å²) in [6, 6.07) is 6.42. The molecule has 1 aromatic carbocycles. The third-order valence-corrected chi connectivity index (χ3v) is 8.85. The van der Waals surface area contributed by atoms with Crippen molar-refractivity contribution in [3.63, 3.8) is 0 Å². The quantitative estimate of drug-likeness (QED) is 0.365. The van der Waals surface area contributed by atoms with Crippen LogP contribution in [0.5, 0.6) is 5.75 Å². The largest absolute Gasteiger partial charge is 0.486 e. The number of thioether (sulfide) groups is 1. The number of halogens is 2. The summed E-state index contributed by atoms with van der Waals surface area (Å²) in [7, 11) is 1.78. The number of hydrogen-bond donors (Lipinski definition) is 1. The van der Waals surface area contributed by atoms with Crippen LogP contribution in [0.3, 0.4) is 0 Å². The van der Waals surface area contributed by atoms with Crippen LogP contribution in [0.2, 0.25) is 5.02 Å². The highest BCUT2D eigenvalue weighted by Gasteiger charge is 2.32. The number of nitriles is 1. The second kappa shape index (κ2) is 10.8. The molecule has 1 aliphatic rings. The normalized spacial score (nSPS) is 15.3. The molecule has 0 bridgehead atoms. The summed E-state index contributed by atoms with van der Waals surface area (Å²) in [5.74, 6) is 0.924. The average molecular weight is 548 g/mol. The molecule has 1 aliphatic carbocycles. The maximum absolute atomic E-state index is 13.3. The molecule has 36 heavy (non-hydrogen) atoms. The van der Waals surface area contributed by atoms with Crippen molar-refractivity contribution in [1.82, 2.24) is 14.8 Å². The van der Waals surface area contributed by atoms with Crippen LogP contribution >= 0.6 is 34.7 Å². The highest BCUT2D eigenvalue weighted by Crippen LogP contribution is 2.44. The van der Waals surface area contributed by atoms with Crippen molar-refractivity contribution >= 4 is 45.6 Å². The minimum Gasteiger partial charge on any atom is -0.486 e. The van der Waals surface area contributed by atoms with E-state index in [1.807, 2.05) is 0 Å². The van der Waals surface area contributed by atoms with Gasteiger partial charge in [-0.15, -0.1) is 21.5 Å². The van der Waals surface area contributed by atoms with Gasteiger partial charge in [0.05, 0.1) is 16.3 Å². The van der Waals surface area contributed by atoms with E-state index in [1.54, 1.807) is 11.6 Å². The van der Waals surface area contributed by atoms with Crippen molar-refractivity contribution in [2.24, 2.45) is 18.4 Å². The molecule has 7 nitrogen and oxygen atoms in total. The lowest BCUT2D eigenvalue weighted by molar-refractivity contribution is -0.113.